The van der Waals surface area contributed by atoms with Crippen LogP contribution in [0.4, 0.5) is 0 Å². The highest BCUT2D eigenvalue weighted by molar-refractivity contribution is 5.77. The van der Waals surface area contributed by atoms with Crippen LogP contribution in [0.25, 0.3) is 0 Å². The van der Waals surface area contributed by atoms with Gasteiger partial charge in [-0.25, -0.2) is 0 Å². The van der Waals surface area contributed by atoms with Gasteiger partial charge in [0.15, 0.2) is 0 Å². The molecular formula is C10H18N2O2. The Morgan fingerprint density at radius 3 is 2.57 bits per heavy atom. The smallest absolute Gasteiger partial charge is 0.220 e. The topological polar surface area (TPSA) is 64.4 Å². The Balaban J connectivity index is 1.75. The monoisotopic (exact) mass is 198 g/mol. The third-order valence-electron chi connectivity index (χ3n) is 3.39. The number of hydrogen-bond donors (Lipinski definition) is 2. The Morgan fingerprint density at radius 2 is 2.21 bits per heavy atom. The van der Waals surface area contributed by atoms with Crippen LogP contribution in [0.3, 0.4) is 0 Å². The fourth-order valence-electron chi connectivity index (χ4n) is 2.07. The van der Waals surface area contributed by atoms with Gasteiger partial charge in [0, 0.05) is 6.42 Å². The van der Waals surface area contributed by atoms with Gasteiger partial charge < -0.3 is 15.8 Å². The molecule has 1 saturated heterocycles. The Morgan fingerprint density at radius 1 is 1.50 bits per heavy atom. The molecule has 2 rings (SSSR count). The van der Waals surface area contributed by atoms with Crippen LogP contribution in [0.15, 0.2) is 0 Å². The van der Waals surface area contributed by atoms with Crippen molar-refractivity contribution in [2.45, 2.75) is 31.7 Å². The lowest BCUT2D eigenvalue weighted by molar-refractivity contribution is -0.128. The SMILES string of the molecule is NCC1(CC(=O)NC2COC2)CCC1. The summed E-state index contributed by atoms with van der Waals surface area (Å²) in [5, 5.41) is 2.96. The zero-order valence-electron chi connectivity index (χ0n) is 8.42. The fourth-order valence-corrected chi connectivity index (χ4v) is 2.07. The number of carbonyl (C=O) groups excluding carboxylic acids is 1. The molecule has 80 valence electrons. The van der Waals surface area contributed by atoms with Gasteiger partial charge in [-0.3, -0.25) is 4.79 Å². The van der Waals surface area contributed by atoms with Gasteiger partial charge >= 0.3 is 0 Å². The van der Waals surface area contributed by atoms with Crippen LogP contribution in [0.1, 0.15) is 25.7 Å². The second-order valence-corrected chi connectivity index (χ2v) is 4.54. The van der Waals surface area contributed by atoms with Crippen molar-refractivity contribution in [2.75, 3.05) is 19.8 Å². The van der Waals surface area contributed by atoms with Crippen molar-refractivity contribution in [1.29, 1.82) is 0 Å². The molecule has 3 N–H and O–H groups in total. The first kappa shape index (κ1) is 9.93. The largest absolute Gasteiger partial charge is 0.377 e. The van der Waals surface area contributed by atoms with Crippen molar-refractivity contribution in [1.82, 2.24) is 5.32 Å². The molecule has 14 heavy (non-hydrogen) atoms. The van der Waals surface area contributed by atoms with Gasteiger partial charge in [0.1, 0.15) is 0 Å². The molecule has 2 aliphatic rings. The van der Waals surface area contributed by atoms with Crippen LogP contribution in [0.2, 0.25) is 0 Å². The molecule has 1 heterocycles. The lowest BCUT2D eigenvalue weighted by Crippen LogP contribution is -2.51. The van der Waals surface area contributed by atoms with Crippen molar-refractivity contribution in [3.8, 4) is 0 Å². The minimum Gasteiger partial charge on any atom is -0.377 e. The van der Waals surface area contributed by atoms with Crippen LogP contribution in [0, 0.1) is 5.41 Å². The molecule has 1 aliphatic carbocycles. The summed E-state index contributed by atoms with van der Waals surface area (Å²) in [6.07, 6.45) is 4.03. The Hall–Kier alpha value is -0.610. The van der Waals surface area contributed by atoms with E-state index < -0.39 is 0 Å². The summed E-state index contributed by atoms with van der Waals surface area (Å²) in [6.45, 7) is 1.98. The van der Waals surface area contributed by atoms with Gasteiger partial charge in [0.05, 0.1) is 19.3 Å². The molecule has 0 aromatic rings. The summed E-state index contributed by atoms with van der Waals surface area (Å²) in [5.41, 5.74) is 5.81. The van der Waals surface area contributed by atoms with Crippen molar-refractivity contribution < 1.29 is 9.53 Å². The third kappa shape index (κ3) is 1.91. The fraction of sp³-hybridized carbons (Fsp3) is 0.900. The molecule has 0 aromatic carbocycles. The van der Waals surface area contributed by atoms with Gasteiger partial charge in [-0.1, -0.05) is 6.42 Å². The summed E-state index contributed by atoms with van der Waals surface area (Å²) in [6, 6.07) is 0.248. The molecule has 0 atom stereocenters. The first-order chi connectivity index (χ1) is 6.74. The van der Waals surface area contributed by atoms with E-state index in [0.717, 1.165) is 12.8 Å². The van der Waals surface area contributed by atoms with Gasteiger partial charge in [0.2, 0.25) is 5.91 Å². The Bertz CT molecular complexity index is 217. The summed E-state index contributed by atoms with van der Waals surface area (Å²) < 4.78 is 4.99. The maximum Gasteiger partial charge on any atom is 0.220 e. The second kappa shape index (κ2) is 3.87. The van der Waals surface area contributed by atoms with Crippen LogP contribution >= 0.6 is 0 Å². The van der Waals surface area contributed by atoms with E-state index in [1.165, 1.54) is 6.42 Å². The van der Waals surface area contributed by atoms with Crippen LogP contribution in [-0.4, -0.2) is 31.7 Å². The Labute approximate surface area is 84.2 Å². The molecule has 1 amide bonds. The minimum atomic E-state index is 0.120. The number of carbonyl (C=O) groups is 1. The lowest BCUT2D eigenvalue weighted by atomic mass is 9.66. The van der Waals surface area contributed by atoms with Crippen molar-refractivity contribution in [3.63, 3.8) is 0 Å². The average Bonchev–Trinajstić information content (AvgIpc) is 2.04. The zero-order valence-corrected chi connectivity index (χ0v) is 8.42. The van der Waals surface area contributed by atoms with E-state index in [9.17, 15) is 4.79 Å². The normalized spacial score (nSPS) is 24.9. The molecule has 0 aromatic heterocycles. The number of nitrogens with one attached hydrogen (secondary N) is 1. The quantitative estimate of drug-likeness (QED) is 0.669. The second-order valence-electron chi connectivity index (χ2n) is 4.54. The molecule has 0 radical (unpaired) electrons. The van der Waals surface area contributed by atoms with E-state index in [2.05, 4.69) is 5.32 Å². The van der Waals surface area contributed by atoms with E-state index in [1.807, 2.05) is 0 Å². The Kier molecular flexibility index (Phi) is 2.74. The lowest BCUT2D eigenvalue weighted by Gasteiger charge is -2.41. The van der Waals surface area contributed by atoms with E-state index in [-0.39, 0.29) is 17.4 Å². The predicted octanol–water partition coefficient (Wildman–Crippen LogP) is 0.0205. The van der Waals surface area contributed by atoms with Crippen LogP contribution in [0.5, 0.6) is 0 Å². The van der Waals surface area contributed by atoms with Gasteiger partial charge in [-0.2, -0.15) is 0 Å². The molecule has 1 aliphatic heterocycles. The molecular weight excluding hydrogens is 180 g/mol. The standard InChI is InChI=1S/C10H18N2O2/c11-7-10(2-1-3-10)4-9(13)12-8-5-14-6-8/h8H,1-7,11H2,(H,12,13). The molecule has 0 bridgehead atoms. The summed E-state index contributed by atoms with van der Waals surface area (Å²) in [4.78, 5) is 11.6. The highest BCUT2D eigenvalue weighted by Gasteiger charge is 2.38. The molecule has 0 spiro atoms. The zero-order chi connectivity index (χ0) is 10.0. The van der Waals surface area contributed by atoms with E-state index in [0.29, 0.717) is 26.2 Å². The number of rotatable bonds is 4. The summed E-state index contributed by atoms with van der Waals surface area (Å²) in [5.74, 6) is 0.142. The highest BCUT2D eigenvalue weighted by Crippen LogP contribution is 2.42. The van der Waals surface area contributed by atoms with Crippen molar-refractivity contribution in [3.05, 3.63) is 0 Å². The van der Waals surface area contributed by atoms with Crippen molar-refractivity contribution in [2.24, 2.45) is 11.1 Å². The van der Waals surface area contributed by atoms with E-state index in [4.69, 9.17) is 10.5 Å². The van der Waals surface area contributed by atoms with Crippen LogP contribution in [-0.2, 0) is 9.53 Å². The van der Waals surface area contributed by atoms with Gasteiger partial charge in [-0.05, 0) is 24.8 Å². The number of ether oxygens (including phenoxy) is 1. The molecule has 4 nitrogen and oxygen atoms in total. The number of hydrogen-bond acceptors (Lipinski definition) is 3. The predicted molar refractivity (Wildman–Crippen MR) is 52.7 cm³/mol. The van der Waals surface area contributed by atoms with Crippen molar-refractivity contribution >= 4 is 5.91 Å². The molecule has 1 saturated carbocycles. The van der Waals surface area contributed by atoms with Gasteiger partial charge in [0.25, 0.3) is 0 Å². The van der Waals surface area contributed by atoms with Gasteiger partial charge in [-0.15, -0.1) is 0 Å². The minimum absolute atomic E-state index is 0.120. The highest BCUT2D eigenvalue weighted by atomic mass is 16.5. The third-order valence-corrected chi connectivity index (χ3v) is 3.39. The van der Waals surface area contributed by atoms with E-state index in [1.54, 1.807) is 0 Å². The molecule has 4 heteroatoms. The van der Waals surface area contributed by atoms with Crippen LogP contribution < -0.4 is 11.1 Å². The first-order valence-corrected chi connectivity index (χ1v) is 5.31. The number of amides is 1. The maximum atomic E-state index is 11.6. The first-order valence-electron chi connectivity index (χ1n) is 5.31. The summed E-state index contributed by atoms with van der Waals surface area (Å²) >= 11 is 0. The molecule has 2 fully saturated rings. The molecule has 0 unspecified atom stereocenters. The average molecular weight is 198 g/mol. The maximum absolute atomic E-state index is 11.6. The number of nitrogens with two attached hydrogens (primary N) is 1. The van der Waals surface area contributed by atoms with E-state index >= 15 is 0 Å². The summed E-state index contributed by atoms with van der Waals surface area (Å²) in [7, 11) is 0.